The number of benzene rings is 1. The molecule has 0 aliphatic carbocycles. The summed E-state index contributed by atoms with van der Waals surface area (Å²) in [4.78, 5) is 33.4. The van der Waals surface area contributed by atoms with Crippen molar-refractivity contribution in [2.45, 2.75) is 38.3 Å². The van der Waals surface area contributed by atoms with Crippen LogP contribution in [-0.4, -0.2) is 39.7 Å². The number of hydrogen-bond acceptors (Lipinski definition) is 4. The van der Waals surface area contributed by atoms with Crippen molar-refractivity contribution in [1.82, 2.24) is 14.8 Å². The van der Waals surface area contributed by atoms with Crippen LogP contribution in [0.4, 0.5) is 0 Å². The molecule has 1 fully saturated rings. The van der Waals surface area contributed by atoms with Crippen molar-refractivity contribution < 1.29 is 9.59 Å². The van der Waals surface area contributed by atoms with E-state index >= 15 is 0 Å². The molecule has 1 aromatic heterocycles. The van der Waals surface area contributed by atoms with Crippen LogP contribution in [0, 0.1) is 0 Å². The van der Waals surface area contributed by atoms with E-state index in [1.54, 1.807) is 22.4 Å². The number of thiazole rings is 1. The highest BCUT2D eigenvalue weighted by molar-refractivity contribution is 7.09. The fraction of sp³-hybridized carbons (Fsp3) is 0.421. The summed E-state index contributed by atoms with van der Waals surface area (Å²) in [5.41, 5.74) is 1.83. The fourth-order valence-electron chi connectivity index (χ4n) is 3.76. The molecule has 2 amide bonds. The standard InChI is InChI=1S/C19H21N3O2S/c23-17(22-10-4-3-7-16(22)18-20-9-12-25-18)8-11-21-13-14-5-1-2-6-15(14)19(21)24/h1-2,5-6,9,12,16H,3-4,7-8,10-11,13H2. The van der Waals surface area contributed by atoms with Gasteiger partial charge in [0, 0.05) is 43.2 Å². The number of aromatic nitrogens is 1. The molecule has 0 radical (unpaired) electrons. The molecule has 0 saturated carbocycles. The number of amides is 2. The number of carbonyl (C=O) groups excluding carboxylic acids is 2. The van der Waals surface area contributed by atoms with Crippen molar-refractivity contribution in [2.24, 2.45) is 0 Å². The van der Waals surface area contributed by atoms with Gasteiger partial charge in [0.05, 0.1) is 6.04 Å². The summed E-state index contributed by atoms with van der Waals surface area (Å²) in [5.74, 6) is 0.169. The van der Waals surface area contributed by atoms with Gasteiger partial charge in [-0.05, 0) is 30.9 Å². The summed E-state index contributed by atoms with van der Waals surface area (Å²) in [6.45, 7) is 1.88. The summed E-state index contributed by atoms with van der Waals surface area (Å²) in [6, 6.07) is 7.79. The third-order valence-corrected chi connectivity index (χ3v) is 5.93. The highest BCUT2D eigenvalue weighted by Crippen LogP contribution is 2.32. The van der Waals surface area contributed by atoms with Gasteiger partial charge in [0.15, 0.2) is 0 Å². The van der Waals surface area contributed by atoms with E-state index in [1.807, 2.05) is 34.5 Å². The van der Waals surface area contributed by atoms with E-state index in [1.165, 1.54) is 0 Å². The van der Waals surface area contributed by atoms with E-state index in [9.17, 15) is 9.59 Å². The zero-order valence-corrected chi connectivity index (χ0v) is 14.9. The average Bonchev–Trinajstić information content (AvgIpc) is 3.29. The molecule has 1 aromatic carbocycles. The number of nitrogens with zero attached hydrogens (tertiary/aromatic N) is 3. The third kappa shape index (κ3) is 3.18. The fourth-order valence-corrected chi connectivity index (χ4v) is 4.54. The number of rotatable bonds is 4. The first kappa shape index (κ1) is 16.3. The second kappa shape index (κ2) is 6.96. The van der Waals surface area contributed by atoms with Gasteiger partial charge in [-0.2, -0.15) is 0 Å². The van der Waals surface area contributed by atoms with Crippen LogP contribution in [0.3, 0.4) is 0 Å². The molecule has 5 nitrogen and oxygen atoms in total. The smallest absolute Gasteiger partial charge is 0.254 e. The van der Waals surface area contributed by atoms with Crippen LogP contribution in [0.15, 0.2) is 35.8 Å². The van der Waals surface area contributed by atoms with Gasteiger partial charge in [0.2, 0.25) is 5.91 Å². The third-order valence-electron chi connectivity index (χ3n) is 5.05. The molecule has 2 aliphatic rings. The second-order valence-electron chi connectivity index (χ2n) is 6.60. The molecule has 2 aliphatic heterocycles. The highest BCUT2D eigenvalue weighted by atomic mass is 32.1. The second-order valence-corrected chi connectivity index (χ2v) is 7.53. The maximum atomic E-state index is 12.8. The van der Waals surface area contributed by atoms with Gasteiger partial charge in [-0.25, -0.2) is 4.98 Å². The Labute approximate surface area is 151 Å². The van der Waals surface area contributed by atoms with E-state index in [2.05, 4.69) is 4.98 Å². The van der Waals surface area contributed by atoms with Crippen molar-refractivity contribution in [1.29, 1.82) is 0 Å². The van der Waals surface area contributed by atoms with Crippen LogP contribution in [0.1, 0.15) is 52.7 Å². The van der Waals surface area contributed by atoms with Crippen LogP contribution in [-0.2, 0) is 11.3 Å². The number of carbonyl (C=O) groups is 2. The van der Waals surface area contributed by atoms with Crippen molar-refractivity contribution in [3.05, 3.63) is 52.0 Å². The molecule has 2 aromatic rings. The number of hydrogen-bond donors (Lipinski definition) is 0. The lowest BCUT2D eigenvalue weighted by Gasteiger charge is -2.35. The van der Waals surface area contributed by atoms with Gasteiger partial charge < -0.3 is 9.80 Å². The summed E-state index contributed by atoms with van der Waals surface area (Å²) < 4.78 is 0. The van der Waals surface area contributed by atoms with Crippen molar-refractivity contribution in [3.8, 4) is 0 Å². The highest BCUT2D eigenvalue weighted by Gasteiger charge is 2.31. The summed E-state index contributed by atoms with van der Waals surface area (Å²) >= 11 is 1.62. The maximum absolute atomic E-state index is 12.8. The molecule has 6 heteroatoms. The molecule has 1 saturated heterocycles. The molecule has 1 unspecified atom stereocenters. The molecular weight excluding hydrogens is 334 g/mol. The number of piperidine rings is 1. The number of likely N-dealkylation sites (tertiary alicyclic amines) is 1. The van der Waals surface area contributed by atoms with E-state index in [0.717, 1.165) is 41.9 Å². The first-order valence-electron chi connectivity index (χ1n) is 8.80. The molecule has 130 valence electrons. The molecule has 0 N–H and O–H groups in total. The van der Waals surface area contributed by atoms with E-state index in [0.29, 0.717) is 19.5 Å². The van der Waals surface area contributed by atoms with Crippen molar-refractivity contribution in [2.75, 3.05) is 13.1 Å². The minimum atomic E-state index is 0.0403. The zero-order valence-electron chi connectivity index (χ0n) is 14.1. The van der Waals surface area contributed by atoms with Gasteiger partial charge in [0.25, 0.3) is 5.91 Å². The molecule has 4 rings (SSSR count). The molecule has 3 heterocycles. The predicted octanol–water partition coefficient (Wildman–Crippen LogP) is 3.24. The Morgan fingerprint density at radius 2 is 2.16 bits per heavy atom. The normalized spacial score (nSPS) is 20.0. The first-order valence-corrected chi connectivity index (χ1v) is 9.68. The Bertz CT molecular complexity index is 775. The van der Waals surface area contributed by atoms with Crippen LogP contribution < -0.4 is 0 Å². The van der Waals surface area contributed by atoms with Crippen LogP contribution in [0.2, 0.25) is 0 Å². The monoisotopic (exact) mass is 355 g/mol. The first-order chi connectivity index (χ1) is 12.2. The van der Waals surface area contributed by atoms with Gasteiger partial charge >= 0.3 is 0 Å². The Hall–Kier alpha value is -2.21. The minimum Gasteiger partial charge on any atom is -0.334 e. The molecule has 1 atom stereocenters. The van der Waals surface area contributed by atoms with E-state index < -0.39 is 0 Å². The summed E-state index contributed by atoms with van der Waals surface area (Å²) in [6.07, 6.45) is 5.34. The van der Waals surface area contributed by atoms with Crippen LogP contribution >= 0.6 is 11.3 Å². The Morgan fingerprint density at radius 3 is 2.96 bits per heavy atom. The SMILES string of the molecule is O=C1c2ccccc2CN1CCC(=O)N1CCCCC1c1nccs1. The summed E-state index contributed by atoms with van der Waals surface area (Å²) in [5, 5.41) is 2.99. The predicted molar refractivity (Wildman–Crippen MR) is 96.2 cm³/mol. The Kier molecular flexibility index (Phi) is 4.53. The Balaban J connectivity index is 1.40. The lowest BCUT2D eigenvalue weighted by molar-refractivity contribution is -0.135. The van der Waals surface area contributed by atoms with Crippen LogP contribution in [0.25, 0.3) is 0 Å². The summed E-state index contributed by atoms with van der Waals surface area (Å²) in [7, 11) is 0. The average molecular weight is 355 g/mol. The molecule has 25 heavy (non-hydrogen) atoms. The minimum absolute atomic E-state index is 0.0403. The largest absolute Gasteiger partial charge is 0.334 e. The quantitative estimate of drug-likeness (QED) is 0.846. The Morgan fingerprint density at radius 1 is 1.28 bits per heavy atom. The van der Waals surface area contributed by atoms with Gasteiger partial charge in [0.1, 0.15) is 5.01 Å². The maximum Gasteiger partial charge on any atom is 0.254 e. The molecule has 0 bridgehead atoms. The zero-order chi connectivity index (χ0) is 17.2. The topological polar surface area (TPSA) is 53.5 Å². The number of fused-ring (bicyclic) bond motifs is 1. The van der Waals surface area contributed by atoms with Crippen molar-refractivity contribution in [3.63, 3.8) is 0 Å². The molecular formula is C19H21N3O2S. The van der Waals surface area contributed by atoms with Gasteiger partial charge in [-0.1, -0.05) is 18.2 Å². The lowest BCUT2D eigenvalue weighted by atomic mass is 10.0. The van der Waals surface area contributed by atoms with Gasteiger partial charge in [-0.15, -0.1) is 11.3 Å². The van der Waals surface area contributed by atoms with E-state index in [-0.39, 0.29) is 17.9 Å². The van der Waals surface area contributed by atoms with E-state index in [4.69, 9.17) is 0 Å². The van der Waals surface area contributed by atoms with Crippen LogP contribution in [0.5, 0.6) is 0 Å². The van der Waals surface area contributed by atoms with Gasteiger partial charge in [-0.3, -0.25) is 9.59 Å². The molecule has 0 spiro atoms. The van der Waals surface area contributed by atoms with Crippen molar-refractivity contribution >= 4 is 23.2 Å². The lowest BCUT2D eigenvalue weighted by Crippen LogP contribution is -2.40.